The van der Waals surface area contributed by atoms with Crippen LogP contribution in [0.25, 0.3) is 0 Å². The molecule has 1 aliphatic carbocycles. The molecule has 1 aromatic heterocycles. The average Bonchev–Trinajstić information content (AvgIpc) is 3.10. The van der Waals surface area contributed by atoms with Crippen LogP contribution in [0.15, 0.2) is 29.2 Å². The van der Waals surface area contributed by atoms with E-state index in [0.29, 0.717) is 5.56 Å². The minimum absolute atomic E-state index is 0.158. The van der Waals surface area contributed by atoms with E-state index in [1.54, 1.807) is 11.7 Å². The van der Waals surface area contributed by atoms with Gasteiger partial charge in [0.15, 0.2) is 0 Å². The van der Waals surface area contributed by atoms with E-state index < -0.39 is 10.0 Å². The highest BCUT2D eigenvalue weighted by Crippen LogP contribution is 2.28. The van der Waals surface area contributed by atoms with Crippen molar-refractivity contribution in [3.05, 3.63) is 41.1 Å². The van der Waals surface area contributed by atoms with Gasteiger partial charge in [0.25, 0.3) is 5.91 Å². The van der Waals surface area contributed by atoms with Crippen LogP contribution in [0, 0.1) is 0 Å². The van der Waals surface area contributed by atoms with Crippen LogP contribution in [0.5, 0.6) is 0 Å². The molecule has 1 aromatic carbocycles. The standard InChI is InChI=1S/C16H20N4O3S/c1-19(2)24(22,23)12-9-7-11(8-10-12)16(21)17-15-13-5-4-6-14(13)18-20(15)3/h7-10H,4-6H2,1-3H3,(H,17,21). The highest BCUT2D eigenvalue weighted by atomic mass is 32.2. The van der Waals surface area contributed by atoms with Gasteiger partial charge in [0.2, 0.25) is 10.0 Å². The topological polar surface area (TPSA) is 84.3 Å². The Morgan fingerprint density at radius 1 is 1.21 bits per heavy atom. The predicted molar refractivity (Wildman–Crippen MR) is 90.5 cm³/mol. The van der Waals surface area contributed by atoms with Crippen molar-refractivity contribution in [2.45, 2.75) is 24.2 Å². The third kappa shape index (κ3) is 2.83. The van der Waals surface area contributed by atoms with Crippen molar-refractivity contribution < 1.29 is 13.2 Å². The summed E-state index contributed by atoms with van der Waals surface area (Å²) in [5.41, 5.74) is 2.54. The van der Waals surface area contributed by atoms with Gasteiger partial charge in [-0.05, 0) is 43.5 Å². The molecular weight excluding hydrogens is 328 g/mol. The molecule has 1 N–H and O–H groups in total. The van der Waals surface area contributed by atoms with E-state index in [2.05, 4.69) is 10.4 Å². The van der Waals surface area contributed by atoms with Crippen molar-refractivity contribution in [1.29, 1.82) is 0 Å². The smallest absolute Gasteiger partial charge is 0.256 e. The SMILES string of the molecule is CN(C)S(=O)(=O)c1ccc(C(=O)Nc2c3c(nn2C)CCC3)cc1. The van der Waals surface area contributed by atoms with Crippen molar-refractivity contribution in [3.63, 3.8) is 0 Å². The third-order valence-electron chi connectivity index (χ3n) is 4.20. The van der Waals surface area contributed by atoms with Gasteiger partial charge in [-0.1, -0.05) is 0 Å². The maximum atomic E-state index is 12.4. The summed E-state index contributed by atoms with van der Waals surface area (Å²) in [5, 5.41) is 7.31. The van der Waals surface area contributed by atoms with E-state index in [4.69, 9.17) is 0 Å². The van der Waals surface area contributed by atoms with Crippen LogP contribution in [0.1, 0.15) is 28.0 Å². The quantitative estimate of drug-likeness (QED) is 0.905. The van der Waals surface area contributed by atoms with Crippen LogP contribution in [0.2, 0.25) is 0 Å². The molecule has 2 aromatic rings. The maximum absolute atomic E-state index is 12.4. The fraction of sp³-hybridized carbons (Fsp3) is 0.375. The van der Waals surface area contributed by atoms with Crippen molar-refractivity contribution in [3.8, 4) is 0 Å². The predicted octanol–water partition coefficient (Wildman–Crippen LogP) is 1.41. The zero-order chi connectivity index (χ0) is 17.5. The fourth-order valence-corrected chi connectivity index (χ4v) is 3.75. The first-order valence-corrected chi connectivity index (χ1v) is 9.13. The lowest BCUT2D eigenvalue weighted by molar-refractivity contribution is 0.102. The van der Waals surface area contributed by atoms with E-state index in [-0.39, 0.29) is 10.8 Å². The van der Waals surface area contributed by atoms with Gasteiger partial charge < -0.3 is 5.32 Å². The summed E-state index contributed by atoms with van der Waals surface area (Å²) in [7, 11) is 1.25. The van der Waals surface area contributed by atoms with Gasteiger partial charge in [-0.3, -0.25) is 9.48 Å². The van der Waals surface area contributed by atoms with Crippen LogP contribution >= 0.6 is 0 Å². The minimum Gasteiger partial charge on any atom is -0.307 e. The molecular formula is C16H20N4O3S. The summed E-state index contributed by atoms with van der Waals surface area (Å²) < 4.78 is 26.9. The van der Waals surface area contributed by atoms with Crippen molar-refractivity contribution in [2.75, 3.05) is 19.4 Å². The lowest BCUT2D eigenvalue weighted by Gasteiger charge is -2.12. The molecule has 0 saturated carbocycles. The number of rotatable bonds is 4. The van der Waals surface area contributed by atoms with Crippen molar-refractivity contribution in [2.24, 2.45) is 7.05 Å². The molecule has 0 aliphatic heterocycles. The number of hydrogen-bond acceptors (Lipinski definition) is 4. The summed E-state index contributed by atoms with van der Waals surface area (Å²) in [4.78, 5) is 12.6. The lowest BCUT2D eigenvalue weighted by atomic mass is 10.2. The number of aromatic nitrogens is 2. The Morgan fingerprint density at radius 2 is 1.88 bits per heavy atom. The molecule has 1 amide bonds. The molecule has 0 fully saturated rings. The number of carbonyl (C=O) groups is 1. The van der Waals surface area contributed by atoms with Gasteiger partial charge in [-0.2, -0.15) is 5.10 Å². The number of benzene rings is 1. The van der Waals surface area contributed by atoms with Crippen LogP contribution in [0.3, 0.4) is 0 Å². The largest absolute Gasteiger partial charge is 0.307 e. The highest BCUT2D eigenvalue weighted by Gasteiger charge is 2.23. The monoisotopic (exact) mass is 348 g/mol. The zero-order valence-electron chi connectivity index (χ0n) is 13.9. The van der Waals surface area contributed by atoms with Crippen LogP contribution in [-0.2, 0) is 29.9 Å². The maximum Gasteiger partial charge on any atom is 0.256 e. The van der Waals surface area contributed by atoms with E-state index in [1.807, 2.05) is 0 Å². The number of hydrogen-bond donors (Lipinski definition) is 1. The number of anilines is 1. The summed E-state index contributed by atoms with van der Waals surface area (Å²) in [6, 6.07) is 5.92. The lowest BCUT2D eigenvalue weighted by Crippen LogP contribution is -2.22. The van der Waals surface area contributed by atoms with Gasteiger partial charge >= 0.3 is 0 Å². The van der Waals surface area contributed by atoms with Gasteiger partial charge in [0.1, 0.15) is 5.82 Å². The fourth-order valence-electron chi connectivity index (χ4n) is 2.84. The molecule has 0 spiro atoms. The molecule has 0 unspecified atom stereocenters. The van der Waals surface area contributed by atoms with Gasteiger partial charge in [0.05, 0.1) is 10.6 Å². The second-order valence-corrected chi connectivity index (χ2v) is 8.17. The van der Waals surface area contributed by atoms with Crippen LogP contribution < -0.4 is 5.32 Å². The molecule has 0 bridgehead atoms. The number of nitrogens with zero attached hydrogens (tertiary/aromatic N) is 3. The Bertz CT molecular complexity index is 883. The van der Waals surface area contributed by atoms with E-state index in [0.717, 1.165) is 40.6 Å². The summed E-state index contributed by atoms with van der Waals surface area (Å²) in [6.45, 7) is 0. The van der Waals surface area contributed by atoms with E-state index in [1.165, 1.54) is 38.4 Å². The van der Waals surface area contributed by atoms with E-state index >= 15 is 0 Å². The van der Waals surface area contributed by atoms with Crippen molar-refractivity contribution in [1.82, 2.24) is 14.1 Å². The summed E-state index contributed by atoms with van der Waals surface area (Å²) >= 11 is 0. The van der Waals surface area contributed by atoms with Crippen molar-refractivity contribution >= 4 is 21.7 Å². The second-order valence-electron chi connectivity index (χ2n) is 6.02. The Kier molecular flexibility index (Phi) is 4.18. The Hall–Kier alpha value is -2.19. The highest BCUT2D eigenvalue weighted by molar-refractivity contribution is 7.89. The molecule has 8 heteroatoms. The average molecular weight is 348 g/mol. The molecule has 7 nitrogen and oxygen atoms in total. The molecule has 0 saturated heterocycles. The first-order valence-electron chi connectivity index (χ1n) is 7.69. The third-order valence-corrected chi connectivity index (χ3v) is 6.03. The Morgan fingerprint density at radius 3 is 2.50 bits per heavy atom. The summed E-state index contributed by atoms with van der Waals surface area (Å²) in [6.07, 6.45) is 2.91. The molecule has 3 rings (SSSR count). The first-order chi connectivity index (χ1) is 11.3. The summed E-state index contributed by atoms with van der Waals surface area (Å²) in [5.74, 6) is 0.444. The number of fused-ring (bicyclic) bond motifs is 1. The minimum atomic E-state index is -3.50. The number of aryl methyl sites for hydroxylation is 2. The molecule has 0 atom stereocenters. The van der Waals surface area contributed by atoms with Gasteiger partial charge in [0, 0.05) is 32.3 Å². The molecule has 0 radical (unpaired) electrons. The second kappa shape index (κ2) is 6.03. The Labute approximate surface area is 141 Å². The molecule has 128 valence electrons. The molecule has 1 heterocycles. The van der Waals surface area contributed by atoms with E-state index in [9.17, 15) is 13.2 Å². The normalized spacial score (nSPS) is 14.0. The molecule has 24 heavy (non-hydrogen) atoms. The van der Waals surface area contributed by atoms with Crippen LogP contribution in [0.4, 0.5) is 5.82 Å². The van der Waals surface area contributed by atoms with Gasteiger partial charge in [-0.25, -0.2) is 12.7 Å². The first kappa shape index (κ1) is 16.7. The zero-order valence-corrected chi connectivity index (χ0v) is 14.7. The number of amides is 1. The Balaban J connectivity index is 1.82. The number of nitrogens with one attached hydrogen (secondary N) is 1. The molecule has 1 aliphatic rings. The number of carbonyl (C=O) groups excluding carboxylic acids is 1. The van der Waals surface area contributed by atoms with Crippen LogP contribution in [-0.4, -0.2) is 42.5 Å². The number of sulfonamides is 1. The van der Waals surface area contributed by atoms with Gasteiger partial charge in [-0.15, -0.1) is 0 Å².